The van der Waals surface area contributed by atoms with Crippen molar-refractivity contribution in [3.63, 3.8) is 0 Å². The van der Waals surface area contributed by atoms with Crippen LogP contribution in [0.5, 0.6) is 0 Å². The quantitative estimate of drug-likeness (QED) is 0.757. The van der Waals surface area contributed by atoms with Crippen molar-refractivity contribution in [3.8, 4) is 0 Å². The molecule has 0 aliphatic carbocycles. The lowest BCUT2D eigenvalue weighted by molar-refractivity contribution is 0.155. The summed E-state index contributed by atoms with van der Waals surface area (Å²) in [5.74, 6) is 0. The van der Waals surface area contributed by atoms with Crippen LogP contribution in [-0.2, 0) is 6.42 Å². The van der Waals surface area contributed by atoms with Gasteiger partial charge in [-0.05, 0) is 25.1 Å². The number of fused-ring (bicyclic) bond motifs is 1. The summed E-state index contributed by atoms with van der Waals surface area (Å²) < 4.78 is 0. The maximum Gasteiger partial charge on any atom is 0.368 e. The number of hydrogen-bond acceptors (Lipinski definition) is 3. The Labute approximate surface area is 112 Å². The first-order chi connectivity index (χ1) is 9.22. The molecule has 2 aliphatic heterocycles. The van der Waals surface area contributed by atoms with E-state index in [0.29, 0.717) is 0 Å². The minimum absolute atomic E-state index is 0.373. The van der Waals surface area contributed by atoms with Crippen LogP contribution >= 0.6 is 0 Å². The summed E-state index contributed by atoms with van der Waals surface area (Å²) in [4.78, 5) is 23.9. The minimum Gasteiger partial charge on any atom is -0.304 e. The van der Waals surface area contributed by atoms with Crippen molar-refractivity contribution in [3.05, 3.63) is 34.5 Å². The molecule has 0 radical (unpaired) electrons. The molecule has 0 aromatic heterocycles. The summed E-state index contributed by atoms with van der Waals surface area (Å²) in [6.45, 7) is 5.52. The minimum atomic E-state index is -0.373. The van der Waals surface area contributed by atoms with E-state index in [-0.39, 0.29) is 6.03 Å². The second-order valence-electron chi connectivity index (χ2n) is 5.19. The maximum atomic E-state index is 11.2. The smallest absolute Gasteiger partial charge is 0.304 e. The third-order valence-corrected chi connectivity index (χ3v) is 3.82. The summed E-state index contributed by atoms with van der Waals surface area (Å²) in [6.07, 6.45) is 0.930. The molecule has 1 aromatic carbocycles. The fourth-order valence-electron chi connectivity index (χ4n) is 2.57. The van der Waals surface area contributed by atoms with Gasteiger partial charge in [0.1, 0.15) is 0 Å². The van der Waals surface area contributed by atoms with Crippen LogP contribution in [0.2, 0.25) is 0 Å². The first-order valence-electron chi connectivity index (χ1n) is 6.72. The van der Waals surface area contributed by atoms with Gasteiger partial charge in [0.2, 0.25) is 0 Å². The Morgan fingerprint density at radius 3 is 2.74 bits per heavy atom. The molecule has 1 aromatic rings. The Morgan fingerprint density at radius 1 is 1.16 bits per heavy atom. The van der Waals surface area contributed by atoms with Crippen LogP contribution in [0.1, 0.15) is 5.56 Å². The van der Waals surface area contributed by atoms with Crippen LogP contribution in [0.15, 0.2) is 28.2 Å². The first-order valence-corrected chi connectivity index (χ1v) is 6.72. The molecule has 0 spiro atoms. The van der Waals surface area contributed by atoms with Crippen LogP contribution in [-0.4, -0.2) is 55.6 Å². The zero-order valence-corrected chi connectivity index (χ0v) is 11.2. The van der Waals surface area contributed by atoms with Crippen LogP contribution in [0, 0.1) is 0 Å². The molecule has 1 saturated heterocycles. The van der Waals surface area contributed by atoms with Crippen LogP contribution in [0.25, 0.3) is 0 Å². The molecular weight excluding hydrogens is 240 g/mol. The number of piperazine rings is 1. The molecule has 3 rings (SSSR count). The van der Waals surface area contributed by atoms with Crippen molar-refractivity contribution < 1.29 is 4.79 Å². The van der Waals surface area contributed by atoms with Gasteiger partial charge in [0, 0.05) is 32.7 Å². The van der Waals surface area contributed by atoms with Gasteiger partial charge in [0.25, 0.3) is 0 Å². The third kappa shape index (κ3) is 2.72. The lowest BCUT2D eigenvalue weighted by Crippen LogP contribution is -2.45. The number of rotatable bonds is 3. The standard InChI is InChI=1S/C14H18N4O/c1-17-7-9-18(10-8-17)6-5-11-3-2-4-12-13(11)16-14(19)15-12/h2-4H,5-10H2,1H3. The van der Waals surface area contributed by atoms with Crippen molar-refractivity contribution in [2.24, 2.45) is 9.98 Å². The van der Waals surface area contributed by atoms with Crippen molar-refractivity contribution in [2.45, 2.75) is 6.42 Å². The molecule has 0 N–H and O–H groups in total. The zero-order chi connectivity index (χ0) is 13.2. The summed E-state index contributed by atoms with van der Waals surface area (Å²) in [5.41, 5.74) is 1.13. The molecule has 2 amide bonds. The Kier molecular flexibility index (Phi) is 3.40. The topological polar surface area (TPSA) is 48.3 Å². The lowest BCUT2D eigenvalue weighted by Gasteiger charge is -2.32. The monoisotopic (exact) mass is 258 g/mol. The van der Waals surface area contributed by atoms with Crippen molar-refractivity contribution in [1.82, 2.24) is 9.80 Å². The second-order valence-corrected chi connectivity index (χ2v) is 5.19. The molecule has 0 atom stereocenters. The van der Waals surface area contributed by atoms with E-state index >= 15 is 0 Å². The average Bonchev–Trinajstić information content (AvgIpc) is 2.79. The third-order valence-electron chi connectivity index (χ3n) is 3.82. The Bertz CT molecular complexity index is 602. The Balaban J connectivity index is 1.69. The lowest BCUT2D eigenvalue weighted by atomic mass is 10.1. The fourth-order valence-corrected chi connectivity index (χ4v) is 2.57. The molecule has 1 fully saturated rings. The van der Waals surface area contributed by atoms with Crippen molar-refractivity contribution in [2.75, 3.05) is 39.8 Å². The van der Waals surface area contributed by atoms with E-state index in [4.69, 9.17) is 0 Å². The number of benzene rings is 1. The molecule has 2 aliphatic rings. The summed E-state index contributed by atoms with van der Waals surface area (Å²) in [6, 6.07) is 5.48. The van der Waals surface area contributed by atoms with E-state index in [1.165, 1.54) is 0 Å². The zero-order valence-electron chi connectivity index (χ0n) is 11.2. The first kappa shape index (κ1) is 12.4. The van der Waals surface area contributed by atoms with Crippen LogP contribution in [0.3, 0.4) is 0 Å². The molecule has 100 valence electrons. The average molecular weight is 258 g/mol. The SMILES string of the molecule is CN1CCN(CCc2cccc3c2=NC(=O)N=3)CC1. The molecule has 5 nitrogen and oxygen atoms in total. The molecule has 0 unspecified atom stereocenters. The molecule has 0 saturated carbocycles. The van der Waals surface area contributed by atoms with Gasteiger partial charge in [0.05, 0.1) is 10.7 Å². The highest BCUT2D eigenvalue weighted by atomic mass is 16.2. The number of carbonyl (C=O) groups excluding carboxylic acids is 1. The van der Waals surface area contributed by atoms with E-state index in [1.54, 1.807) is 0 Å². The normalized spacial score (nSPS) is 19.9. The van der Waals surface area contributed by atoms with Gasteiger partial charge in [-0.15, -0.1) is 0 Å². The summed E-state index contributed by atoms with van der Waals surface area (Å²) >= 11 is 0. The Hall–Kier alpha value is -1.59. The number of para-hydroxylation sites is 1. The van der Waals surface area contributed by atoms with Gasteiger partial charge in [-0.1, -0.05) is 12.1 Å². The van der Waals surface area contributed by atoms with Crippen LogP contribution < -0.4 is 10.7 Å². The number of carbonyl (C=O) groups is 1. The van der Waals surface area contributed by atoms with Crippen molar-refractivity contribution in [1.29, 1.82) is 0 Å². The van der Waals surface area contributed by atoms with E-state index in [1.807, 2.05) is 18.2 Å². The Morgan fingerprint density at radius 2 is 1.95 bits per heavy atom. The van der Waals surface area contributed by atoms with E-state index in [2.05, 4.69) is 26.8 Å². The van der Waals surface area contributed by atoms with Gasteiger partial charge >= 0.3 is 6.03 Å². The molecule has 19 heavy (non-hydrogen) atoms. The van der Waals surface area contributed by atoms with Crippen LogP contribution in [0.4, 0.5) is 4.79 Å². The molecule has 2 heterocycles. The highest BCUT2D eigenvalue weighted by Gasteiger charge is 2.14. The van der Waals surface area contributed by atoms with Gasteiger partial charge in [-0.2, -0.15) is 9.98 Å². The molecular formula is C14H18N4O. The van der Waals surface area contributed by atoms with Gasteiger partial charge in [0.15, 0.2) is 0 Å². The fraction of sp³-hybridized carbons (Fsp3) is 0.500. The second kappa shape index (κ2) is 5.19. The highest BCUT2D eigenvalue weighted by molar-refractivity contribution is 5.77. The molecule has 5 heteroatoms. The van der Waals surface area contributed by atoms with Gasteiger partial charge < -0.3 is 9.80 Å². The summed E-state index contributed by atoms with van der Waals surface area (Å²) in [7, 11) is 2.16. The molecule has 0 bridgehead atoms. The predicted molar refractivity (Wildman–Crippen MR) is 71.8 cm³/mol. The number of urea groups is 1. The van der Waals surface area contributed by atoms with Crippen molar-refractivity contribution >= 4 is 6.03 Å². The number of hydrogen-bond donors (Lipinski definition) is 0. The number of nitrogens with zero attached hydrogens (tertiary/aromatic N) is 4. The number of likely N-dealkylation sites (N-methyl/N-ethyl adjacent to an activating group) is 1. The number of amides is 2. The van der Waals surface area contributed by atoms with E-state index in [9.17, 15) is 4.79 Å². The van der Waals surface area contributed by atoms with Gasteiger partial charge in [-0.25, -0.2) is 4.79 Å². The van der Waals surface area contributed by atoms with E-state index < -0.39 is 0 Å². The summed E-state index contributed by atoms with van der Waals surface area (Å²) in [5, 5.41) is 1.50. The largest absolute Gasteiger partial charge is 0.368 e. The van der Waals surface area contributed by atoms with E-state index in [0.717, 1.165) is 55.4 Å². The predicted octanol–water partition coefficient (Wildman–Crippen LogP) is -0.151. The maximum absolute atomic E-state index is 11.2. The van der Waals surface area contributed by atoms with Gasteiger partial charge in [-0.3, -0.25) is 0 Å². The highest BCUT2D eigenvalue weighted by Crippen LogP contribution is 2.02.